The third-order valence-electron chi connectivity index (χ3n) is 4.16. The number of hydrogen-bond acceptors (Lipinski definition) is 1. The van der Waals surface area contributed by atoms with Crippen LogP contribution in [-0.4, -0.2) is 7.05 Å². The first-order chi connectivity index (χ1) is 9.61. The predicted octanol–water partition coefficient (Wildman–Crippen LogP) is 4.15. The molecule has 1 aliphatic carbocycles. The molecule has 0 aromatic heterocycles. The van der Waals surface area contributed by atoms with E-state index >= 15 is 0 Å². The van der Waals surface area contributed by atoms with E-state index in [1.54, 1.807) is 13.0 Å². The van der Waals surface area contributed by atoms with Crippen LogP contribution in [-0.2, 0) is 6.42 Å². The molecule has 0 spiro atoms. The summed E-state index contributed by atoms with van der Waals surface area (Å²) in [5.41, 5.74) is 4.27. The summed E-state index contributed by atoms with van der Waals surface area (Å²) in [7, 11) is 1.94. The number of benzene rings is 2. The van der Waals surface area contributed by atoms with Gasteiger partial charge in [0.15, 0.2) is 0 Å². The lowest BCUT2D eigenvalue weighted by Crippen LogP contribution is -2.12. The molecule has 0 bridgehead atoms. The Morgan fingerprint density at radius 3 is 2.65 bits per heavy atom. The highest BCUT2D eigenvalue weighted by Crippen LogP contribution is 2.38. The van der Waals surface area contributed by atoms with Crippen molar-refractivity contribution in [1.82, 2.24) is 5.32 Å². The van der Waals surface area contributed by atoms with Crippen molar-refractivity contribution in [2.75, 3.05) is 7.05 Å². The lowest BCUT2D eigenvalue weighted by atomic mass is 9.95. The Bertz CT molecular complexity index is 664. The summed E-state index contributed by atoms with van der Waals surface area (Å²) in [4.78, 5) is 0. The summed E-state index contributed by atoms with van der Waals surface area (Å²) >= 11 is 0. The van der Waals surface area contributed by atoms with Crippen molar-refractivity contribution in [2.24, 2.45) is 0 Å². The molecule has 3 rings (SSSR count). The Balaban J connectivity index is 2.17. The molecule has 104 valence electrons. The predicted molar refractivity (Wildman–Crippen MR) is 76.7 cm³/mol. The van der Waals surface area contributed by atoms with E-state index in [1.807, 2.05) is 19.2 Å². The molecule has 0 amide bonds. The normalized spacial score (nSPS) is 17.3. The number of halogens is 2. The van der Waals surface area contributed by atoms with Crippen LogP contribution in [0.15, 0.2) is 30.3 Å². The zero-order chi connectivity index (χ0) is 14.3. The molecular weight excluding hydrogens is 256 g/mol. The SMILES string of the molecule is CNC1CCc2c(-c3cc(C)c(F)cc3F)cccc21. The van der Waals surface area contributed by atoms with E-state index < -0.39 is 11.6 Å². The van der Waals surface area contributed by atoms with Crippen molar-refractivity contribution in [3.05, 3.63) is 58.7 Å². The fourth-order valence-electron chi connectivity index (χ4n) is 3.07. The summed E-state index contributed by atoms with van der Waals surface area (Å²) in [5.74, 6) is -0.985. The zero-order valence-electron chi connectivity index (χ0n) is 11.6. The van der Waals surface area contributed by atoms with Crippen molar-refractivity contribution in [1.29, 1.82) is 0 Å². The molecule has 1 nitrogen and oxygen atoms in total. The Morgan fingerprint density at radius 2 is 1.90 bits per heavy atom. The maximum atomic E-state index is 14.1. The Labute approximate surface area is 117 Å². The number of rotatable bonds is 2. The van der Waals surface area contributed by atoms with Crippen LogP contribution < -0.4 is 5.32 Å². The van der Waals surface area contributed by atoms with Gasteiger partial charge in [-0.1, -0.05) is 18.2 Å². The maximum Gasteiger partial charge on any atom is 0.133 e. The fourth-order valence-corrected chi connectivity index (χ4v) is 3.07. The summed E-state index contributed by atoms with van der Waals surface area (Å²) in [6.07, 6.45) is 1.94. The lowest BCUT2D eigenvalue weighted by molar-refractivity contribution is 0.579. The number of aryl methyl sites for hydroxylation is 1. The molecule has 1 aliphatic rings. The van der Waals surface area contributed by atoms with Crippen LogP contribution in [0.5, 0.6) is 0 Å². The van der Waals surface area contributed by atoms with E-state index in [2.05, 4.69) is 11.4 Å². The van der Waals surface area contributed by atoms with Gasteiger partial charge in [-0.05, 0) is 55.1 Å². The van der Waals surface area contributed by atoms with Gasteiger partial charge >= 0.3 is 0 Å². The summed E-state index contributed by atoms with van der Waals surface area (Å²) in [5, 5.41) is 3.28. The number of fused-ring (bicyclic) bond motifs is 1. The summed E-state index contributed by atoms with van der Waals surface area (Å²) < 4.78 is 27.5. The van der Waals surface area contributed by atoms with Crippen LogP contribution in [0.1, 0.15) is 29.2 Å². The van der Waals surface area contributed by atoms with Crippen molar-refractivity contribution in [2.45, 2.75) is 25.8 Å². The summed E-state index contributed by atoms with van der Waals surface area (Å²) in [6.45, 7) is 1.66. The van der Waals surface area contributed by atoms with E-state index in [4.69, 9.17) is 0 Å². The Kier molecular flexibility index (Phi) is 3.30. The van der Waals surface area contributed by atoms with Crippen LogP contribution in [0.25, 0.3) is 11.1 Å². The van der Waals surface area contributed by atoms with E-state index in [0.717, 1.165) is 24.5 Å². The first-order valence-corrected chi connectivity index (χ1v) is 6.87. The van der Waals surface area contributed by atoms with Gasteiger partial charge in [-0.15, -0.1) is 0 Å². The zero-order valence-corrected chi connectivity index (χ0v) is 11.6. The molecule has 3 heteroatoms. The van der Waals surface area contributed by atoms with Gasteiger partial charge in [0.2, 0.25) is 0 Å². The average Bonchev–Trinajstić information content (AvgIpc) is 2.86. The highest BCUT2D eigenvalue weighted by molar-refractivity contribution is 5.71. The Hall–Kier alpha value is -1.74. The van der Waals surface area contributed by atoms with E-state index in [9.17, 15) is 8.78 Å². The highest BCUT2D eigenvalue weighted by atomic mass is 19.1. The van der Waals surface area contributed by atoms with Crippen LogP contribution >= 0.6 is 0 Å². The monoisotopic (exact) mass is 273 g/mol. The second kappa shape index (κ2) is 4.98. The van der Waals surface area contributed by atoms with Crippen LogP contribution in [0.3, 0.4) is 0 Å². The van der Waals surface area contributed by atoms with Crippen molar-refractivity contribution < 1.29 is 8.78 Å². The molecule has 0 aliphatic heterocycles. The first kappa shape index (κ1) is 13.3. The lowest BCUT2D eigenvalue weighted by Gasteiger charge is -2.13. The van der Waals surface area contributed by atoms with E-state index in [-0.39, 0.29) is 0 Å². The van der Waals surface area contributed by atoms with Gasteiger partial charge in [-0.3, -0.25) is 0 Å². The first-order valence-electron chi connectivity index (χ1n) is 6.87. The van der Waals surface area contributed by atoms with Gasteiger partial charge in [0.1, 0.15) is 11.6 Å². The minimum atomic E-state index is -0.494. The van der Waals surface area contributed by atoms with Gasteiger partial charge in [0.05, 0.1) is 0 Å². The second-order valence-corrected chi connectivity index (χ2v) is 5.33. The standard InChI is InChI=1S/C17H17F2N/c1-10-8-14(16(19)9-15(10)18)11-4-3-5-13-12(11)6-7-17(13)20-2/h3-5,8-9,17,20H,6-7H2,1-2H3. The Morgan fingerprint density at radius 1 is 1.10 bits per heavy atom. The van der Waals surface area contributed by atoms with Crippen LogP contribution in [0.4, 0.5) is 8.78 Å². The maximum absolute atomic E-state index is 14.1. The molecule has 0 radical (unpaired) electrons. The number of nitrogens with one attached hydrogen (secondary N) is 1. The third-order valence-corrected chi connectivity index (χ3v) is 4.16. The molecule has 0 saturated carbocycles. The van der Waals surface area contributed by atoms with E-state index in [1.165, 1.54) is 11.1 Å². The quantitative estimate of drug-likeness (QED) is 0.867. The van der Waals surface area contributed by atoms with E-state index in [0.29, 0.717) is 17.2 Å². The van der Waals surface area contributed by atoms with Crippen molar-refractivity contribution in [3.63, 3.8) is 0 Å². The second-order valence-electron chi connectivity index (χ2n) is 5.33. The smallest absolute Gasteiger partial charge is 0.133 e. The average molecular weight is 273 g/mol. The van der Waals surface area contributed by atoms with Crippen LogP contribution in [0.2, 0.25) is 0 Å². The van der Waals surface area contributed by atoms with Gasteiger partial charge in [-0.25, -0.2) is 8.78 Å². The fraction of sp³-hybridized carbons (Fsp3) is 0.294. The van der Waals surface area contributed by atoms with Crippen molar-refractivity contribution >= 4 is 0 Å². The van der Waals surface area contributed by atoms with Gasteiger partial charge in [0.25, 0.3) is 0 Å². The highest BCUT2D eigenvalue weighted by Gasteiger charge is 2.24. The molecule has 0 heterocycles. The van der Waals surface area contributed by atoms with Gasteiger partial charge in [-0.2, -0.15) is 0 Å². The third kappa shape index (κ3) is 2.02. The molecule has 0 fully saturated rings. The molecule has 1 unspecified atom stereocenters. The molecule has 1 N–H and O–H groups in total. The molecule has 2 aromatic carbocycles. The largest absolute Gasteiger partial charge is 0.313 e. The van der Waals surface area contributed by atoms with Gasteiger partial charge < -0.3 is 5.32 Å². The molecule has 2 aromatic rings. The van der Waals surface area contributed by atoms with Crippen molar-refractivity contribution in [3.8, 4) is 11.1 Å². The minimum Gasteiger partial charge on any atom is -0.313 e. The van der Waals surface area contributed by atoms with Crippen LogP contribution in [0, 0.1) is 18.6 Å². The topological polar surface area (TPSA) is 12.0 Å². The molecule has 1 atom stereocenters. The molecule has 20 heavy (non-hydrogen) atoms. The molecule has 0 saturated heterocycles. The summed E-state index contributed by atoms with van der Waals surface area (Å²) in [6, 6.07) is 8.87. The molecular formula is C17H17F2N. The number of hydrogen-bond donors (Lipinski definition) is 1. The van der Waals surface area contributed by atoms with Gasteiger partial charge in [0, 0.05) is 17.7 Å². The minimum absolute atomic E-state index is 0.328.